The second-order valence-corrected chi connectivity index (χ2v) is 6.12. The summed E-state index contributed by atoms with van der Waals surface area (Å²) >= 11 is 0. The molecule has 0 saturated carbocycles. The van der Waals surface area contributed by atoms with Crippen molar-refractivity contribution >= 4 is 5.91 Å². The van der Waals surface area contributed by atoms with Crippen LogP contribution in [-0.2, 0) is 11.2 Å². The van der Waals surface area contributed by atoms with E-state index in [1.165, 1.54) is 17.7 Å². The second-order valence-electron chi connectivity index (χ2n) is 6.12. The SMILES string of the molecule is CCc1ccc(OCC(=O)NCC(c2cccc(F)c2)N(C)C)cc1. The minimum absolute atomic E-state index is 0.0469. The smallest absolute Gasteiger partial charge is 0.258 e. The fourth-order valence-electron chi connectivity index (χ4n) is 2.54. The van der Waals surface area contributed by atoms with Gasteiger partial charge in [-0.3, -0.25) is 4.79 Å². The average Bonchev–Trinajstić information content (AvgIpc) is 2.60. The zero-order valence-electron chi connectivity index (χ0n) is 15.0. The van der Waals surface area contributed by atoms with Gasteiger partial charge in [0.05, 0.1) is 6.04 Å². The quantitative estimate of drug-likeness (QED) is 0.800. The zero-order valence-corrected chi connectivity index (χ0v) is 15.0. The molecule has 25 heavy (non-hydrogen) atoms. The van der Waals surface area contributed by atoms with Crippen LogP contribution in [0.3, 0.4) is 0 Å². The van der Waals surface area contributed by atoms with Gasteiger partial charge in [0.15, 0.2) is 6.61 Å². The number of benzene rings is 2. The number of rotatable bonds is 8. The molecule has 2 rings (SSSR count). The van der Waals surface area contributed by atoms with Crippen molar-refractivity contribution in [2.24, 2.45) is 0 Å². The minimum Gasteiger partial charge on any atom is -0.484 e. The van der Waals surface area contributed by atoms with E-state index in [0.717, 1.165) is 12.0 Å². The minimum atomic E-state index is -0.283. The first-order chi connectivity index (χ1) is 12.0. The summed E-state index contributed by atoms with van der Waals surface area (Å²) in [6.07, 6.45) is 0.965. The Bertz CT molecular complexity index is 686. The fraction of sp³-hybridized carbons (Fsp3) is 0.350. The van der Waals surface area contributed by atoms with Gasteiger partial charge in [-0.2, -0.15) is 0 Å². The van der Waals surface area contributed by atoms with Crippen molar-refractivity contribution in [1.82, 2.24) is 10.2 Å². The van der Waals surface area contributed by atoms with E-state index in [2.05, 4.69) is 12.2 Å². The molecule has 0 aliphatic rings. The van der Waals surface area contributed by atoms with Gasteiger partial charge in [0.1, 0.15) is 11.6 Å². The Morgan fingerprint density at radius 3 is 2.52 bits per heavy atom. The number of ether oxygens (including phenoxy) is 1. The van der Waals surface area contributed by atoms with Crippen LogP contribution in [0, 0.1) is 5.82 Å². The number of nitrogens with zero attached hydrogens (tertiary/aromatic N) is 1. The lowest BCUT2D eigenvalue weighted by Crippen LogP contribution is -2.36. The molecule has 5 heteroatoms. The molecule has 1 N–H and O–H groups in total. The van der Waals surface area contributed by atoms with Crippen molar-refractivity contribution in [3.05, 3.63) is 65.5 Å². The number of amides is 1. The highest BCUT2D eigenvalue weighted by atomic mass is 19.1. The van der Waals surface area contributed by atoms with Crippen molar-refractivity contribution in [3.8, 4) is 5.75 Å². The maximum atomic E-state index is 13.4. The van der Waals surface area contributed by atoms with Gasteiger partial charge in [0.25, 0.3) is 5.91 Å². The molecule has 0 aromatic heterocycles. The Hall–Kier alpha value is -2.40. The zero-order chi connectivity index (χ0) is 18.2. The molecular weight excluding hydrogens is 319 g/mol. The number of carbonyl (C=O) groups is 1. The molecule has 0 spiro atoms. The Kier molecular flexibility index (Phi) is 6.95. The Morgan fingerprint density at radius 2 is 1.92 bits per heavy atom. The van der Waals surface area contributed by atoms with Gasteiger partial charge < -0.3 is 15.0 Å². The van der Waals surface area contributed by atoms with Crippen LogP contribution in [-0.4, -0.2) is 38.1 Å². The lowest BCUT2D eigenvalue weighted by molar-refractivity contribution is -0.123. The standard InChI is InChI=1S/C20H25FN2O2/c1-4-15-8-10-18(11-9-15)25-14-20(24)22-13-19(23(2)3)16-6-5-7-17(21)12-16/h5-12,19H,4,13-14H2,1-3H3,(H,22,24). The second kappa shape index (κ2) is 9.18. The van der Waals surface area contributed by atoms with Gasteiger partial charge in [-0.1, -0.05) is 31.2 Å². The number of carbonyl (C=O) groups excluding carboxylic acids is 1. The lowest BCUT2D eigenvalue weighted by atomic mass is 10.1. The molecule has 0 fully saturated rings. The topological polar surface area (TPSA) is 41.6 Å². The Labute approximate surface area is 148 Å². The lowest BCUT2D eigenvalue weighted by Gasteiger charge is -2.25. The predicted molar refractivity (Wildman–Crippen MR) is 97.2 cm³/mol. The van der Waals surface area contributed by atoms with E-state index in [-0.39, 0.29) is 24.4 Å². The highest BCUT2D eigenvalue weighted by molar-refractivity contribution is 5.77. The molecule has 2 aromatic carbocycles. The molecule has 0 heterocycles. The molecular formula is C20H25FN2O2. The fourth-order valence-corrected chi connectivity index (χ4v) is 2.54. The van der Waals surface area contributed by atoms with Crippen LogP contribution in [0.4, 0.5) is 4.39 Å². The van der Waals surface area contributed by atoms with E-state index in [0.29, 0.717) is 12.3 Å². The number of likely N-dealkylation sites (N-methyl/N-ethyl adjacent to an activating group) is 1. The van der Waals surface area contributed by atoms with E-state index in [1.54, 1.807) is 6.07 Å². The van der Waals surface area contributed by atoms with E-state index in [9.17, 15) is 9.18 Å². The first-order valence-electron chi connectivity index (χ1n) is 8.40. The number of hydrogen-bond acceptors (Lipinski definition) is 3. The van der Waals surface area contributed by atoms with Crippen molar-refractivity contribution < 1.29 is 13.9 Å². The Balaban J connectivity index is 1.86. The molecule has 1 atom stereocenters. The van der Waals surface area contributed by atoms with E-state index < -0.39 is 0 Å². The molecule has 0 aliphatic heterocycles. The molecule has 1 unspecified atom stereocenters. The van der Waals surface area contributed by atoms with Gasteiger partial charge >= 0.3 is 0 Å². The van der Waals surface area contributed by atoms with Crippen LogP contribution in [0.15, 0.2) is 48.5 Å². The third-order valence-corrected chi connectivity index (χ3v) is 4.05. The van der Waals surface area contributed by atoms with Crippen LogP contribution < -0.4 is 10.1 Å². The summed E-state index contributed by atoms with van der Waals surface area (Å²) in [5, 5.41) is 2.85. The van der Waals surface area contributed by atoms with Gasteiger partial charge in [-0.05, 0) is 55.9 Å². The van der Waals surface area contributed by atoms with Crippen LogP contribution in [0.25, 0.3) is 0 Å². The first kappa shape index (κ1) is 18.9. The molecule has 0 radical (unpaired) electrons. The third-order valence-electron chi connectivity index (χ3n) is 4.05. The van der Waals surface area contributed by atoms with Crippen LogP contribution in [0.2, 0.25) is 0 Å². The average molecular weight is 344 g/mol. The summed E-state index contributed by atoms with van der Waals surface area (Å²) in [5.74, 6) is 0.180. The van der Waals surface area contributed by atoms with Gasteiger partial charge in [0, 0.05) is 6.54 Å². The number of aryl methyl sites for hydroxylation is 1. The van der Waals surface area contributed by atoms with Crippen molar-refractivity contribution in [2.45, 2.75) is 19.4 Å². The maximum absolute atomic E-state index is 13.4. The summed E-state index contributed by atoms with van der Waals surface area (Å²) in [4.78, 5) is 14.0. The van der Waals surface area contributed by atoms with E-state index >= 15 is 0 Å². The van der Waals surface area contributed by atoms with Gasteiger partial charge in [-0.15, -0.1) is 0 Å². The number of nitrogens with one attached hydrogen (secondary N) is 1. The third kappa shape index (κ3) is 5.87. The molecule has 1 amide bonds. The van der Waals surface area contributed by atoms with Crippen LogP contribution in [0.1, 0.15) is 24.1 Å². The molecule has 4 nitrogen and oxygen atoms in total. The summed E-state index contributed by atoms with van der Waals surface area (Å²) in [6, 6.07) is 14.0. The van der Waals surface area contributed by atoms with Gasteiger partial charge in [-0.25, -0.2) is 4.39 Å². The first-order valence-corrected chi connectivity index (χ1v) is 8.40. The molecule has 134 valence electrons. The monoisotopic (exact) mass is 344 g/mol. The van der Waals surface area contributed by atoms with E-state index in [1.807, 2.05) is 49.3 Å². The van der Waals surface area contributed by atoms with E-state index in [4.69, 9.17) is 4.74 Å². The molecule has 0 aliphatic carbocycles. The molecule has 0 bridgehead atoms. The maximum Gasteiger partial charge on any atom is 0.258 e. The molecule has 0 saturated heterocycles. The van der Waals surface area contributed by atoms with Crippen LogP contribution in [0.5, 0.6) is 5.75 Å². The summed E-state index contributed by atoms with van der Waals surface area (Å²) in [7, 11) is 3.79. The largest absolute Gasteiger partial charge is 0.484 e. The predicted octanol–water partition coefficient (Wildman–Crippen LogP) is 3.19. The summed E-state index contributed by atoms with van der Waals surface area (Å²) in [6.45, 7) is 2.42. The highest BCUT2D eigenvalue weighted by Crippen LogP contribution is 2.18. The Morgan fingerprint density at radius 1 is 1.20 bits per heavy atom. The van der Waals surface area contributed by atoms with Crippen LogP contribution >= 0.6 is 0 Å². The normalized spacial score (nSPS) is 12.0. The van der Waals surface area contributed by atoms with Crippen molar-refractivity contribution in [1.29, 1.82) is 0 Å². The van der Waals surface area contributed by atoms with Crippen molar-refractivity contribution in [2.75, 3.05) is 27.2 Å². The van der Waals surface area contributed by atoms with Crippen molar-refractivity contribution in [3.63, 3.8) is 0 Å². The number of hydrogen-bond donors (Lipinski definition) is 1. The van der Waals surface area contributed by atoms with Gasteiger partial charge in [0.2, 0.25) is 0 Å². The summed E-state index contributed by atoms with van der Waals surface area (Å²) < 4.78 is 18.9. The highest BCUT2D eigenvalue weighted by Gasteiger charge is 2.16. The summed E-state index contributed by atoms with van der Waals surface area (Å²) in [5.41, 5.74) is 2.04. The number of halogens is 1. The molecule has 2 aromatic rings.